The van der Waals surface area contributed by atoms with Gasteiger partial charge < -0.3 is 4.74 Å². The van der Waals surface area contributed by atoms with Crippen molar-refractivity contribution in [1.82, 2.24) is 4.90 Å². The Bertz CT molecular complexity index is 602. The van der Waals surface area contributed by atoms with Crippen LogP contribution < -0.4 is 0 Å². The summed E-state index contributed by atoms with van der Waals surface area (Å²) in [4.78, 5) is 24.9. The van der Waals surface area contributed by atoms with Gasteiger partial charge >= 0.3 is 12.3 Å². The number of carbonyl (C=O) groups excluding carboxylic acids is 2. The molecule has 1 aliphatic heterocycles. The van der Waals surface area contributed by atoms with E-state index in [9.17, 15) is 22.8 Å². The predicted octanol–water partition coefficient (Wildman–Crippen LogP) is 3.96. The van der Waals surface area contributed by atoms with Crippen LogP contribution in [-0.4, -0.2) is 29.0 Å². The van der Waals surface area contributed by atoms with Crippen molar-refractivity contribution in [2.24, 2.45) is 0 Å². The molecule has 1 saturated heterocycles. The quantitative estimate of drug-likeness (QED) is 0.783. The number of likely N-dealkylation sites (tertiary alicyclic amines) is 1. The van der Waals surface area contributed by atoms with Crippen LogP contribution in [-0.2, 0) is 15.7 Å². The van der Waals surface area contributed by atoms with Gasteiger partial charge in [-0.05, 0) is 38.5 Å². The molecule has 0 aliphatic carbocycles. The van der Waals surface area contributed by atoms with Crippen LogP contribution in [0.25, 0.3) is 0 Å². The van der Waals surface area contributed by atoms with E-state index < -0.39 is 23.4 Å². The number of amides is 2. The Morgan fingerprint density at radius 3 is 2.22 bits per heavy atom. The van der Waals surface area contributed by atoms with Crippen molar-refractivity contribution in [3.8, 4) is 0 Å². The van der Waals surface area contributed by atoms with Gasteiger partial charge in [-0.1, -0.05) is 12.1 Å². The molecule has 0 radical (unpaired) electrons. The minimum atomic E-state index is -4.40. The lowest BCUT2D eigenvalue weighted by Gasteiger charge is -2.23. The molecule has 0 spiro atoms. The van der Waals surface area contributed by atoms with E-state index in [0.717, 1.165) is 17.0 Å². The maximum absolute atomic E-state index is 12.6. The van der Waals surface area contributed by atoms with Crippen LogP contribution in [0.2, 0.25) is 0 Å². The molecule has 0 bridgehead atoms. The zero-order valence-electron chi connectivity index (χ0n) is 13.1. The van der Waals surface area contributed by atoms with Crippen LogP contribution in [0, 0.1) is 0 Å². The molecule has 1 heterocycles. The fourth-order valence-corrected chi connectivity index (χ4v) is 2.37. The second kappa shape index (κ2) is 5.86. The highest BCUT2D eigenvalue weighted by atomic mass is 19.4. The molecule has 1 aliphatic rings. The summed E-state index contributed by atoms with van der Waals surface area (Å²) in [6.45, 7) is 5.19. The van der Waals surface area contributed by atoms with E-state index in [2.05, 4.69) is 0 Å². The molecule has 1 fully saturated rings. The third kappa shape index (κ3) is 4.24. The fourth-order valence-electron chi connectivity index (χ4n) is 2.37. The van der Waals surface area contributed by atoms with Crippen molar-refractivity contribution < 1.29 is 27.5 Å². The van der Waals surface area contributed by atoms with E-state index in [1.165, 1.54) is 12.1 Å². The minimum absolute atomic E-state index is 0.0740. The predicted molar refractivity (Wildman–Crippen MR) is 76.7 cm³/mol. The molecule has 0 saturated carbocycles. The second-order valence-corrected chi connectivity index (χ2v) is 6.51. The highest BCUT2D eigenvalue weighted by Gasteiger charge is 2.37. The van der Waals surface area contributed by atoms with Gasteiger partial charge in [-0.3, -0.25) is 4.79 Å². The first-order chi connectivity index (χ1) is 10.5. The number of rotatable bonds is 1. The summed E-state index contributed by atoms with van der Waals surface area (Å²) < 4.78 is 42.8. The third-order valence-corrected chi connectivity index (χ3v) is 3.45. The Labute approximate surface area is 132 Å². The summed E-state index contributed by atoms with van der Waals surface area (Å²) in [6, 6.07) is 4.66. The van der Waals surface area contributed by atoms with Crippen LogP contribution >= 0.6 is 0 Å². The highest BCUT2D eigenvalue weighted by Crippen LogP contribution is 2.33. The van der Waals surface area contributed by atoms with E-state index in [4.69, 9.17) is 4.74 Å². The molecule has 4 nitrogen and oxygen atoms in total. The molecule has 1 aromatic rings. The van der Waals surface area contributed by atoms with E-state index >= 15 is 0 Å². The third-order valence-electron chi connectivity index (χ3n) is 3.45. The number of benzene rings is 1. The van der Waals surface area contributed by atoms with E-state index in [1.807, 2.05) is 0 Å². The zero-order chi connectivity index (χ0) is 17.4. The van der Waals surface area contributed by atoms with Gasteiger partial charge in [-0.25, -0.2) is 9.69 Å². The molecule has 126 valence electrons. The standard InChI is InChI=1S/C16H18F3NO3/c1-15(2,3)23-14(22)20-9-11(8-13(20)21)10-4-6-12(7-5-10)16(17,18)19/h4-7,11H,8-9H2,1-3H3/t11-/m0/s1. The summed E-state index contributed by atoms with van der Waals surface area (Å²) in [5.41, 5.74) is -0.865. The number of hydrogen-bond donors (Lipinski definition) is 0. The Hall–Kier alpha value is -2.05. The highest BCUT2D eigenvalue weighted by molar-refractivity contribution is 5.94. The van der Waals surface area contributed by atoms with Gasteiger partial charge in [0.05, 0.1) is 5.56 Å². The lowest BCUT2D eigenvalue weighted by atomic mass is 9.97. The van der Waals surface area contributed by atoms with Crippen molar-refractivity contribution in [2.45, 2.75) is 44.9 Å². The van der Waals surface area contributed by atoms with Crippen molar-refractivity contribution in [1.29, 1.82) is 0 Å². The van der Waals surface area contributed by atoms with Crippen LogP contribution in [0.15, 0.2) is 24.3 Å². The molecule has 0 unspecified atom stereocenters. The summed E-state index contributed by atoms with van der Waals surface area (Å²) in [5, 5.41) is 0. The van der Waals surface area contributed by atoms with Crippen molar-refractivity contribution in [2.75, 3.05) is 6.54 Å². The Morgan fingerprint density at radius 1 is 1.17 bits per heavy atom. The van der Waals surface area contributed by atoms with E-state index in [1.54, 1.807) is 20.8 Å². The number of ether oxygens (including phenoxy) is 1. The summed E-state index contributed by atoms with van der Waals surface area (Å²) in [5.74, 6) is -0.707. The van der Waals surface area contributed by atoms with Gasteiger partial charge in [0.25, 0.3) is 0 Å². The lowest BCUT2D eigenvalue weighted by molar-refractivity contribution is -0.137. The van der Waals surface area contributed by atoms with Gasteiger partial charge in [0.2, 0.25) is 5.91 Å². The number of nitrogens with zero attached hydrogens (tertiary/aromatic N) is 1. The molecule has 2 rings (SSSR count). The number of alkyl halides is 3. The molecule has 1 aromatic carbocycles. The van der Waals surface area contributed by atoms with Gasteiger partial charge in [0.15, 0.2) is 0 Å². The van der Waals surface area contributed by atoms with Crippen molar-refractivity contribution in [3.05, 3.63) is 35.4 Å². The summed E-state index contributed by atoms with van der Waals surface area (Å²) in [7, 11) is 0. The Kier molecular flexibility index (Phi) is 4.41. The van der Waals surface area contributed by atoms with Gasteiger partial charge in [-0.2, -0.15) is 13.2 Å². The Morgan fingerprint density at radius 2 is 1.74 bits per heavy atom. The number of carbonyl (C=O) groups is 2. The topological polar surface area (TPSA) is 46.6 Å². The molecule has 0 aromatic heterocycles. The van der Waals surface area contributed by atoms with E-state index in [0.29, 0.717) is 5.56 Å². The molecule has 23 heavy (non-hydrogen) atoms. The molecular formula is C16H18F3NO3. The van der Waals surface area contributed by atoms with Crippen molar-refractivity contribution in [3.63, 3.8) is 0 Å². The van der Waals surface area contributed by atoms with E-state index in [-0.39, 0.29) is 24.8 Å². The maximum Gasteiger partial charge on any atom is 0.417 e. The first-order valence-corrected chi connectivity index (χ1v) is 7.18. The monoisotopic (exact) mass is 329 g/mol. The molecule has 0 N–H and O–H groups in total. The first-order valence-electron chi connectivity index (χ1n) is 7.18. The fraction of sp³-hybridized carbons (Fsp3) is 0.500. The average molecular weight is 329 g/mol. The Balaban J connectivity index is 2.09. The molecule has 7 heteroatoms. The average Bonchev–Trinajstić information content (AvgIpc) is 2.78. The van der Waals surface area contributed by atoms with Crippen LogP contribution in [0.1, 0.15) is 44.2 Å². The summed E-state index contributed by atoms with van der Waals surface area (Å²) in [6.07, 6.45) is -5.05. The maximum atomic E-state index is 12.6. The van der Waals surface area contributed by atoms with Crippen LogP contribution in [0.5, 0.6) is 0 Å². The van der Waals surface area contributed by atoms with Crippen LogP contribution in [0.3, 0.4) is 0 Å². The smallest absolute Gasteiger partial charge is 0.417 e. The van der Waals surface area contributed by atoms with Crippen molar-refractivity contribution >= 4 is 12.0 Å². The summed E-state index contributed by atoms with van der Waals surface area (Å²) >= 11 is 0. The lowest BCUT2D eigenvalue weighted by Crippen LogP contribution is -2.37. The molecular weight excluding hydrogens is 311 g/mol. The second-order valence-electron chi connectivity index (χ2n) is 6.51. The number of halogens is 3. The van der Waals surface area contributed by atoms with Crippen LogP contribution in [0.4, 0.5) is 18.0 Å². The van der Waals surface area contributed by atoms with Gasteiger partial charge in [0, 0.05) is 18.9 Å². The SMILES string of the molecule is CC(C)(C)OC(=O)N1C[C@@H](c2ccc(C(F)(F)F)cc2)CC1=O. The largest absolute Gasteiger partial charge is 0.443 e. The molecule has 2 amide bonds. The first kappa shape index (κ1) is 17.3. The zero-order valence-corrected chi connectivity index (χ0v) is 13.1. The van der Waals surface area contributed by atoms with Gasteiger partial charge in [0.1, 0.15) is 5.60 Å². The number of hydrogen-bond acceptors (Lipinski definition) is 3. The van der Waals surface area contributed by atoms with Gasteiger partial charge in [-0.15, -0.1) is 0 Å². The number of imide groups is 1. The minimum Gasteiger partial charge on any atom is -0.443 e. The molecule has 1 atom stereocenters. The normalized spacial score (nSPS) is 19.1.